The average molecular weight is 354 g/mol. The van der Waals surface area contributed by atoms with Gasteiger partial charge in [-0.15, -0.1) is 0 Å². The second-order valence-corrected chi connectivity index (χ2v) is 6.81. The third-order valence-corrected chi connectivity index (χ3v) is 4.68. The number of halogens is 1. The minimum Gasteiger partial charge on any atom is -0.310 e. The second-order valence-electron chi connectivity index (χ2n) is 4.81. The lowest BCUT2D eigenvalue weighted by atomic mass is 10.1. The summed E-state index contributed by atoms with van der Waals surface area (Å²) in [5, 5.41) is 7.70. The Morgan fingerprint density at radius 3 is 2.80 bits per heavy atom. The molecule has 0 amide bonds. The average Bonchev–Trinajstić information content (AvgIpc) is 2.81. The highest BCUT2D eigenvalue weighted by atomic mass is 79.9. The zero-order valence-electron chi connectivity index (χ0n) is 12.1. The van der Waals surface area contributed by atoms with Crippen LogP contribution in [-0.4, -0.2) is 16.3 Å². The quantitative estimate of drug-likeness (QED) is 0.834. The molecule has 20 heavy (non-hydrogen) atoms. The van der Waals surface area contributed by atoms with Gasteiger partial charge in [0.05, 0.1) is 11.1 Å². The van der Waals surface area contributed by atoms with Gasteiger partial charge < -0.3 is 5.32 Å². The van der Waals surface area contributed by atoms with Crippen LogP contribution in [0.1, 0.15) is 31.9 Å². The molecule has 3 nitrogen and oxygen atoms in total. The summed E-state index contributed by atoms with van der Waals surface area (Å²) in [6.07, 6.45) is 5.06. The maximum atomic E-state index is 4.19. The lowest BCUT2D eigenvalue weighted by Crippen LogP contribution is -2.19. The van der Waals surface area contributed by atoms with E-state index in [0.717, 1.165) is 22.3 Å². The normalized spacial score (nSPS) is 12.6. The third kappa shape index (κ3) is 4.11. The molecule has 0 aliphatic rings. The molecule has 0 fully saturated rings. The number of benzene rings is 1. The monoisotopic (exact) mass is 353 g/mol. The van der Waals surface area contributed by atoms with Crippen LogP contribution < -0.4 is 5.32 Å². The molecule has 0 spiro atoms. The predicted molar refractivity (Wildman–Crippen MR) is 88.2 cm³/mol. The van der Waals surface area contributed by atoms with Gasteiger partial charge in [-0.1, -0.05) is 40.7 Å². The second kappa shape index (κ2) is 7.29. The van der Waals surface area contributed by atoms with Gasteiger partial charge in [-0.25, -0.2) is 0 Å². The van der Waals surface area contributed by atoms with Crippen LogP contribution in [0.3, 0.4) is 0 Å². The molecule has 0 saturated heterocycles. The van der Waals surface area contributed by atoms with Crippen LogP contribution >= 0.6 is 27.7 Å². The fourth-order valence-corrected chi connectivity index (χ4v) is 3.74. The fraction of sp³-hybridized carbons (Fsp3) is 0.400. The largest absolute Gasteiger partial charge is 0.310 e. The predicted octanol–water partition coefficient (Wildman–Crippen LogP) is 4.39. The number of hydrogen-bond acceptors (Lipinski definition) is 3. The van der Waals surface area contributed by atoms with E-state index >= 15 is 0 Å². The standard InChI is InChI=1S/C15H20BrN3S/c1-4-7-17-11(2)14-6-5-12(8-15(14)16)20-13-9-18-19(3)10-13/h5-6,8-11,17H,4,7H2,1-3H3. The van der Waals surface area contributed by atoms with Crippen molar-refractivity contribution in [2.45, 2.75) is 36.1 Å². The van der Waals surface area contributed by atoms with E-state index in [4.69, 9.17) is 0 Å². The van der Waals surface area contributed by atoms with E-state index in [1.54, 1.807) is 11.8 Å². The van der Waals surface area contributed by atoms with E-state index in [1.165, 1.54) is 10.5 Å². The molecular weight excluding hydrogens is 334 g/mol. The smallest absolute Gasteiger partial charge is 0.0629 e. The molecule has 1 aromatic heterocycles. The summed E-state index contributed by atoms with van der Waals surface area (Å²) in [7, 11) is 1.93. The zero-order chi connectivity index (χ0) is 14.5. The van der Waals surface area contributed by atoms with Crippen LogP contribution in [0.15, 0.2) is 44.9 Å². The van der Waals surface area contributed by atoms with Gasteiger partial charge in [-0.2, -0.15) is 5.10 Å². The molecule has 1 atom stereocenters. The van der Waals surface area contributed by atoms with Crippen molar-refractivity contribution < 1.29 is 0 Å². The Bertz CT molecular complexity index is 568. The topological polar surface area (TPSA) is 29.9 Å². The molecule has 0 radical (unpaired) electrons. The van der Waals surface area contributed by atoms with Gasteiger partial charge in [-0.3, -0.25) is 4.68 Å². The van der Waals surface area contributed by atoms with Crippen molar-refractivity contribution >= 4 is 27.7 Å². The summed E-state index contributed by atoms with van der Waals surface area (Å²) < 4.78 is 2.98. The molecule has 2 rings (SSSR count). The Balaban J connectivity index is 2.09. The van der Waals surface area contributed by atoms with Gasteiger partial charge in [0, 0.05) is 28.7 Å². The third-order valence-electron chi connectivity index (χ3n) is 3.06. The highest BCUT2D eigenvalue weighted by Gasteiger charge is 2.10. The Kier molecular flexibility index (Phi) is 5.69. The van der Waals surface area contributed by atoms with E-state index in [2.05, 4.69) is 58.4 Å². The van der Waals surface area contributed by atoms with Crippen molar-refractivity contribution in [3.8, 4) is 0 Å². The van der Waals surface area contributed by atoms with Crippen LogP contribution in [0.25, 0.3) is 0 Å². The van der Waals surface area contributed by atoms with E-state index < -0.39 is 0 Å². The van der Waals surface area contributed by atoms with Crippen LogP contribution in [0.4, 0.5) is 0 Å². The molecule has 1 unspecified atom stereocenters. The first-order valence-electron chi connectivity index (χ1n) is 6.79. The lowest BCUT2D eigenvalue weighted by molar-refractivity contribution is 0.568. The Morgan fingerprint density at radius 1 is 1.40 bits per heavy atom. The zero-order valence-corrected chi connectivity index (χ0v) is 14.5. The maximum Gasteiger partial charge on any atom is 0.0629 e. The van der Waals surface area contributed by atoms with Crippen molar-refractivity contribution in [1.82, 2.24) is 15.1 Å². The molecule has 5 heteroatoms. The van der Waals surface area contributed by atoms with Gasteiger partial charge in [0.2, 0.25) is 0 Å². The number of nitrogens with zero attached hydrogens (tertiary/aromatic N) is 2. The first-order valence-corrected chi connectivity index (χ1v) is 8.40. The van der Waals surface area contributed by atoms with Crippen LogP contribution in [0.5, 0.6) is 0 Å². The Labute approximate surface area is 133 Å². The first-order chi connectivity index (χ1) is 9.60. The van der Waals surface area contributed by atoms with Crippen molar-refractivity contribution in [2.24, 2.45) is 7.05 Å². The Morgan fingerprint density at radius 2 is 2.20 bits per heavy atom. The van der Waals surface area contributed by atoms with Gasteiger partial charge >= 0.3 is 0 Å². The number of nitrogens with one attached hydrogen (secondary N) is 1. The molecule has 1 N–H and O–H groups in total. The van der Waals surface area contributed by atoms with E-state index in [-0.39, 0.29) is 0 Å². The summed E-state index contributed by atoms with van der Waals surface area (Å²) in [6.45, 7) is 5.42. The Hall–Kier alpha value is -0.780. The van der Waals surface area contributed by atoms with Crippen LogP contribution in [-0.2, 0) is 7.05 Å². The molecule has 0 bridgehead atoms. The fourth-order valence-electron chi connectivity index (χ4n) is 1.98. The van der Waals surface area contributed by atoms with E-state index in [0.29, 0.717) is 6.04 Å². The number of hydrogen-bond donors (Lipinski definition) is 1. The minimum absolute atomic E-state index is 0.363. The van der Waals surface area contributed by atoms with Gasteiger partial charge in [-0.05, 0) is 37.6 Å². The molecule has 2 aromatic rings. The summed E-state index contributed by atoms with van der Waals surface area (Å²) in [5.74, 6) is 0. The first kappa shape index (κ1) is 15.6. The van der Waals surface area contributed by atoms with E-state index in [1.807, 2.05) is 24.1 Å². The highest BCUT2D eigenvalue weighted by molar-refractivity contribution is 9.10. The van der Waals surface area contributed by atoms with Gasteiger partial charge in [0.25, 0.3) is 0 Å². The lowest BCUT2D eigenvalue weighted by Gasteiger charge is -2.16. The van der Waals surface area contributed by atoms with Gasteiger partial charge in [0.1, 0.15) is 0 Å². The molecule has 1 heterocycles. The summed E-state index contributed by atoms with van der Waals surface area (Å²) in [4.78, 5) is 2.38. The summed E-state index contributed by atoms with van der Waals surface area (Å²) in [6, 6.07) is 6.90. The van der Waals surface area contributed by atoms with Crippen LogP contribution in [0, 0.1) is 0 Å². The summed E-state index contributed by atoms with van der Waals surface area (Å²) >= 11 is 5.41. The van der Waals surface area contributed by atoms with Crippen molar-refractivity contribution in [2.75, 3.05) is 6.54 Å². The number of aryl methyl sites for hydroxylation is 1. The molecule has 0 saturated carbocycles. The maximum absolute atomic E-state index is 4.19. The van der Waals surface area contributed by atoms with Crippen molar-refractivity contribution in [3.63, 3.8) is 0 Å². The molecule has 1 aromatic carbocycles. The van der Waals surface area contributed by atoms with Gasteiger partial charge in [0.15, 0.2) is 0 Å². The highest BCUT2D eigenvalue weighted by Crippen LogP contribution is 2.32. The summed E-state index contributed by atoms with van der Waals surface area (Å²) in [5.41, 5.74) is 1.30. The number of aromatic nitrogens is 2. The minimum atomic E-state index is 0.363. The molecular formula is C15H20BrN3S. The van der Waals surface area contributed by atoms with Crippen molar-refractivity contribution in [3.05, 3.63) is 40.6 Å². The van der Waals surface area contributed by atoms with Crippen LogP contribution in [0.2, 0.25) is 0 Å². The molecule has 108 valence electrons. The molecule has 0 aliphatic heterocycles. The SMILES string of the molecule is CCCNC(C)c1ccc(Sc2cnn(C)c2)cc1Br. The van der Waals surface area contributed by atoms with E-state index in [9.17, 15) is 0 Å². The van der Waals surface area contributed by atoms with Crippen molar-refractivity contribution in [1.29, 1.82) is 0 Å². The molecule has 0 aliphatic carbocycles. The number of rotatable bonds is 6.